The van der Waals surface area contributed by atoms with Crippen LogP contribution in [0, 0.1) is 0 Å². The minimum atomic E-state index is -0.998. The number of carbonyl (C=O) groups is 1. The highest BCUT2D eigenvalue weighted by Crippen LogP contribution is 2.29. The lowest BCUT2D eigenvalue weighted by Gasteiger charge is -2.36. The summed E-state index contributed by atoms with van der Waals surface area (Å²) in [6.07, 6.45) is 3.64. The molecule has 1 saturated heterocycles. The predicted molar refractivity (Wildman–Crippen MR) is 92.8 cm³/mol. The van der Waals surface area contributed by atoms with Crippen LogP contribution in [0.4, 0.5) is 0 Å². The topological polar surface area (TPSA) is 75.0 Å². The predicted octanol–water partition coefficient (Wildman–Crippen LogP) is 2.75. The van der Waals surface area contributed by atoms with E-state index >= 15 is 0 Å². The number of aromatic nitrogens is 2. The molecule has 0 radical (unpaired) electrons. The van der Waals surface area contributed by atoms with Gasteiger partial charge < -0.3 is 10.6 Å². The number of rotatable bonds is 3. The molecule has 2 aromatic rings. The number of piperidine rings is 1. The first-order valence-corrected chi connectivity index (χ1v) is 8.61. The van der Waals surface area contributed by atoms with Gasteiger partial charge in [0.25, 0.3) is 0 Å². The smallest absolute Gasteiger partial charge is 0.246 e. The van der Waals surface area contributed by atoms with Crippen molar-refractivity contribution in [2.24, 2.45) is 5.73 Å². The van der Waals surface area contributed by atoms with Gasteiger partial charge in [0.05, 0.1) is 0 Å². The molecule has 0 bridgehead atoms. The van der Waals surface area contributed by atoms with E-state index in [-0.39, 0.29) is 5.91 Å². The van der Waals surface area contributed by atoms with E-state index in [0.29, 0.717) is 5.92 Å². The van der Waals surface area contributed by atoms with Crippen LogP contribution in [0.2, 0.25) is 0 Å². The summed E-state index contributed by atoms with van der Waals surface area (Å²) < 4.78 is 0.977. The molecule has 3 N–H and O–H groups in total. The van der Waals surface area contributed by atoms with Crippen molar-refractivity contribution in [3.05, 3.63) is 52.3 Å². The van der Waals surface area contributed by atoms with Crippen molar-refractivity contribution in [1.29, 1.82) is 0 Å². The summed E-state index contributed by atoms with van der Waals surface area (Å²) >= 11 is 3.41. The second kappa shape index (κ2) is 6.45. The molecule has 1 fully saturated rings. The van der Waals surface area contributed by atoms with Gasteiger partial charge in [-0.3, -0.25) is 9.89 Å². The number of nitrogens with zero attached hydrogens (tertiary/aromatic N) is 2. The van der Waals surface area contributed by atoms with Gasteiger partial charge in [0.2, 0.25) is 5.91 Å². The lowest BCUT2D eigenvalue weighted by Crippen LogP contribution is -2.52. The van der Waals surface area contributed by atoms with Gasteiger partial charge >= 0.3 is 0 Å². The number of likely N-dealkylation sites (tertiary alicyclic amines) is 1. The number of nitrogens with two attached hydrogens (primary N) is 1. The molecule has 0 spiro atoms. The fourth-order valence-electron chi connectivity index (χ4n) is 3.14. The van der Waals surface area contributed by atoms with Gasteiger partial charge in [-0.25, -0.2) is 0 Å². The van der Waals surface area contributed by atoms with Crippen molar-refractivity contribution in [3.8, 4) is 0 Å². The van der Waals surface area contributed by atoms with Crippen LogP contribution >= 0.6 is 15.9 Å². The average molecular weight is 377 g/mol. The van der Waals surface area contributed by atoms with E-state index in [0.717, 1.165) is 41.7 Å². The van der Waals surface area contributed by atoms with Gasteiger partial charge in [0.1, 0.15) is 5.54 Å². The molecular formula is C17H21BrN4O. The third-order valence-corrected chi connectivity index (χ3v) is 5.16. The van der Waals surface area contributed by atoms with Crippen LogP contribution < -0.4 is 5.73 Å². The molecular weight excluding hydrogens is 356 g/mol. The van der Waals surface area contributed by atoms with Gasteiger partial charge in [0, 0.05) is 35.4 Å². The monoisotopic (exact) mass is 376 g/mol. The lowest BCUT2D eigenvalue weighted by atomic mass is 9.88. The van der Waals surface area contributed by atoms with Crippen LogP contribution in [-0.4, -0.2) is 34.1 Å². The van der Waals surface area contributed by atoms with E-state index in [1.165, 1.54) is 0 Å². The first kappa shape index (κ1) is 16.2. The molecule has 1 aromatic heterocycles. The highest BCUT2D eigenvalue weighted by molar-refractivity contribution is 9.10. The first-order chi connectivity index (χ1) is 11.0. The van der Waals surface area contributed by atoms with Gasteiger partial charge in [-0.1, -0.05) is 28.1 Å². The first-order valence-electron chi connectivity index (χ1n) is 7.82. The Labute approximate surface area is 144 Å². The molecule has 5 nitrogen and oxygen atoms in total. The van der Waals surface area contributed by atoms with Crippen molar-refractivity contribution in [2.45, 2.75) is 31.2 Å². The highest BCUT2D eigenvalue weighted by Gasteiger charge is 2.36. The Morgan fingerprint density at radius 1 is 1.30 bits per heavy atom. The number of H-pyrrole nitrogens is 1. The number of aromatic amines is 1. The molecule has 1 amide bonds. The van der Waals surface area contributed by atoms with E-state index < -0.39 is 5.54 Å². The van der Waals surface area contributed by atoms with Crippen molar-refractivity contribution in [1.82, 2.24) is 15.1 Å². The summed E-state index contributed by atoms with van der Waals surface area (Å²) in [4.78, 5) is 14.8. The highest BCUT2D eigenvalue weighted by atomic mass is 79.9. The Morgan fingerprint density at radius 2 is 1.96 bits per heavy atom. The second-order valence-electron chi connectivity index (χ2n) is 6.29. The molecule has 1 atom stereocenters. The minimum absolute atomic E-state index is 0.0112. The van der Waals surface area contributed by atoms with Gasteiger partial charge in [0.15, 0.2) is 0 Å². The Morgan fingerprint density at radius 3 is 2.52 bits per heavy atom. The summed E-state index contributed by atoms with van der Waals surface area (Å²) in [5.41, 5.74) is 7.36. The number of benzene rings is 1. The summed E-state index contributed by atoms with van der Waals surface area (Å²) in [6.45, 7) is 3.25. The van der Waals surface area contributed by atoms with Crippen LogP contribution in [0.1, 0.15) is 36.9 Å². The third-order valence-electron chi connectivity index (χ3n) is 4.63. The number of hydrogen-bond acceptors (Lipinski definition) is 3. The number of carbonyl (C=O) groups excluding carboxylic acids is 1. The van der Waals surface area contributed by atoms with Crippen molar-refractivity contribution < 1.29 is 4.79 Å². The summed E-state index contributed by atoms with van der Waals surface area (Å²) in [6, 6.07) is 9.64. The zero-order valence-electron chi connectivity index (χ0n) is 13.1. The largest absolute Gasteiger partial charge is 0.341 e. The minimum Gasteiger partial charge on any atom is -0.341 e. The molecule has 3 rings (SSSR count). The molecule has 0 saturated carbocycles. The van der Waals surface area contributed by atoms with Crippen molar-refractivity contribution in [3.63, 3.8) is 0 Å². The van der Waals surface area contributed by atoms with E-state index in [1.807, 2.05) is 35.2 Å². The quantitative estimate of drug-likeness (QED) is 0.864. The van der Waals surface area contributed by atoms with E-state index in [4.69, 9.17) is 5.73 Å². The Kier molecular flexibility index (Phi) is 4.55. The van der Waals surface area contributed by atoms with Gasteiger partial charge in [-0.05, 0) is 43.5 Å². The molecule has 1 aliphatic rings. The molecule has 0 aliphatic carbocycles. The third kappa shape index (κ3) is 3.33. The number of amides is 1. The summed E-state index contributed by atoms with van der Waals surface area (Å²) in [5, 5.41) is 7.04. The van der Waals surface area contributed by atoms with Gasteiger partial charge in [-0.15, -0.1) is 0 Å². The van der Waals surface area contributed by atoms with Gasteiger partial charge in [-0.2, -0.15) is 5.10 Å². The van der Waals surface area contributed by atoms with Crippen LogP contribution in [0.5, 0.6) is 0 Å². The zero-order valence-corrected chi connectivity index (χ0v) is 14.7. The maximum atomic E-state index is 12.9. The van der Waals surface area contributed by atoms with Crippen LogP contribution in [0.25, 0.3) is 0 Å². The van der Waals surface area contributed by atoms with Crippen LogP contribution in [-0.2, 0) is 10.3 Å². The Hall–Kier alpha value is -1.66. The number of nitrogens with one attached hydrogen (secondary N) is 1. The Bertz CT molecular complexity index is 658. The fraction of sp³-hybridized carbons (Fsp3) is 0.412. The maximum Gasteiger partial charge on any atom is 0.246 e. The molecule has 6 heteroatoms. The van der Waals surface area contributed by atoms with E-state index in [1.54, 1.807) is 13.1 Å². The van der Waals surface area contributed by atoms with E-state index in [9.17, 15) is 4.79 Å². The molecule has 1 aliphatic heterocycles. The molecule has 23 heavy (non-hydrogen) atoms. The average Bonchev–Trinajstić information content (AvgIpc) is 3.09. The number of hydrogen-bond donors (Lipinski definition) is 2. The lowest BCUT2D eigenvalue weighted by molar-refractivity contribution is -0.137. The SMILES string of the molecule is CC(N)(C(=O)N1CCC(c2ccn[nH]2)CC1)c1ccc(Br)cc1. The molecule has 2 heterocycles. The second-order valence-corrected chi connectivity index (χ2v) is 7.20. The normalized spacial score (nSPS) is 18.7. The summed E-state index contributed by atoms with van der Waals surface area (Å²) in [5.74, 6) is 0.432. The van der Waals surface area contributed by atoms with Crippen molar-refractivity contribution >= 4 is 21.8 Å². The van der Waals surface area contributed by atoms with E-state index in [2.05, 4.69) is 26.1 Å². The molecule has 1 unspecified atom stereocenters. The molecule has 122 valence electrons. The number of halogens is 1. The maximum absolute atomic E-state index is 12.9. The van der Waals surface area contributed by atoms with Crippen molar-refractivity contribution in [2.75, 3.05) is 13.1 Å². The standard InChI is InChI=1S/C17H21BrN4O/c1-17(19,13-2-4-14(18)5-3-13)16(23)22-10-7-12(8-11-22)15-6-9-20-21-15/h2-6,9,12H,7-8,10-11,19H2,1H3,(H,20,21). The zero-order chi connectivity index (χ0) is 16.4. The van der Waals surface area contributed by atoms with Crippen LogP contribution in [0.3, 0.4) is 0 Å². The fourth-order valence-corrected chi connectivity index (χ4v) is 3.40. The molecule has 1 aromatic carbocycles. The van der Waals surface area contributed by atoms with Crippen LogP contribution in [0.15, 0.2) is 41.0 Å². The summed E-state index contributed by atoms with van der Waals surface area (Å²) in [7, 11) is 0. The Balaban J connectivity index is 1.67.